The molecule has 0 aliphatic carbocycles. The minimum absolute atomic E-state index is 0.00118. The average Bonchev–Trinajstić information content (AvgIpc) is 3.58. The maximum absolute atomic E-state index is 12.6. The van der Waals surface area contributed by atoms with Gasteiger partial charge in [-0.15, -0.1) is 0 Å². The van der Waals surface area contributed by atoms with Crippen molar-refractivity contribution < 1.29 is 24.5 Å². The summed E-state index contributed by atoms with van der Waals surface area (Å²) in [5, 5.41) is 23.5. The van der Waals surface area contributed by atoms with Gasteiger partial charge in [0.15, 0.2) is 0 Å². The summed E-state index contributed by atoms with van der Waals surface area (Å²) in [6.07, 6.45) is 102. The van der Waals surface area contributed by atoms with Crippen LogP contribution in [0.4, 0.5) is 0 Å². The molecule has 0 aromatic heterocycles. The lowest BCUT2D eigenvalue weighted by Gasteiger charge is -2.22. The SMILES string of the molecule is CCCCCC/C=C\C/C=C\CCCCCCCC(=O)OCCCCCCCCCCC/C=C\C/C=C\CCCCCCCCCCCCCCCCCCCC(=O)NC(CO)C(O)CCCCCCCCCCCCCCCCCCCCCCCC. The van der Waals surface area contributed by atoms with Gasteiger partial charge in [0.2, 0.25) is 5.91 Å². The molecule has 0 aliphatic rings. The second-order valence-corrected chi connectivity index (χ2v) is 27.4. The highest BCUT2D eigenvalue weighted by Gasteiger charge is 2.20. The largest absolute Gasteiger partial charge is 0.466 e. The average molecular weight is 1240 g/mol. The van der Waals surface area contributed by atoms with Crippen molar-refractivity contribution in [3.8, 4) is 0 Å². The Kier molecular flexibility index (Phi) is 75.4. The Bertz CT molecular complexity index is 1470. The molecule has 0 aromatic carbocycles. The quantitative estimate of drug-likeness (QED) is 0.0320. The normalized spacial score (nSPS) is 12.7. The topological polar surface area (TPSA) is 95.9 Å². The van der Waals surface area contributed by atoms with E-state index in [1.54, 1.807) is 0 Å². The predicted octanol–water partition coefficient (Wildman–Crippen LogP) is 26.4. The van der Waals surface area contributed by atoms with Gasteiger partial charge in [-0.25, -0.2) is 0 Å². The second kappa shape index (κ2) is 77.3. The molecule has 0 bridgehead atoms. The first kappa shape index (κ1) is 85.8. The fourth-order valence-electron chi connectivity index (χ4n) is 12.5. The lowest BCUT2D eigenvalue weighted by Crippen LogP contribution is -2.45. The molecule has 6 heteroatoms. The molecule has 0 aliphatic heterocycles. The minimum Gasteiger partial charge on any atom is -0.466 e. The third-order valence-electron chi connectivity index (χ3n) is 18.6. The number of esters is 1. The van der Waals surface area contributed by atoms with Crippen molar-refractivity contribution in [3.63, 3.8) is 0 Å². The van der Waals surface area contributed by atoms with Gasteiger partial charge in [-0.05, 0) is 89.9 Å². The van der Waals surface area contributed by atoms with Crippen LogP contribution in [0.25, 0.3) is 0 Å². The number of amides is 1. The van der Waals surface area contributed by atoms with Gasteiger partial charge in [0.1, 0.15) is 0 Å². The zero-order chi connectivity index (χ0) is 63.5. The summed E-state index contributed by atoms with van der Waals surface area (Å²) in [4.78, 5) is 24.7. The molecule has 518 valence electrons. The summed E-state index contributed by atoms with van der Waals surface area (Å²) in [6.45, 7) is 4.97. The Morgan fingerprint density at radius 2 is 0.568 bits per heavy atom. The number of ether oxygens (including phenoxy) is 1. The van der Waals surface area contributed by atoms with Crippen LogP contribution in [0.3, 0.4) is 0 Å². The molecule has 2 unspecified atom stereocenters. The Balaban J connectivity index is 3.39. The fraction of sp³-hybridized carbons (Fsp3) is 0.878. The number of hydrogen-bond donors (Lipinski definition) is 3. The molecular weight excluding hydrogens is 1080 g/mol. The summed E-state index contributed by atoms with van der Waals surface area (Å²) >= 11 is 0. The van der Waals surface area contributed by atoms with Crippen LogP contribution in [0.15, 0.2) is 48.6 Å². The zero-order valence-electron chi connectivity index (χ0n) is 59.5. The van der Waals surface area contributed by atoms with E-state index in [2.05, 4.69) is 67.8 Å². The first-order valence-corrected chi connectivity index (χ1v) is 39.9. The highest BCUT2D eigenvalue weighted by molar-refractivity contribution is 5.76. The molecule has 6 nitrogen and oxygen atoms in total. The number of rotatable bonds is 75. The molecule has 0 radical (unpaired) electrons. The molecule has 0 heterocycles. The Morgan fingerprint density at radius 1 is 0.318 bits per heavy atom. The van der Waals surface area contributed by atoms with Gasteiger partial charge in [0.25, 0.3) is 0 Å². The molecule has 0 spiro atoms. The number of nitrogens with one attached hydrogen (secondary N) is 1. The number of carbonyl (C=O) groups excluding carboxylic acids is 2. The zero-order valence-corrected chi connectivity index (χ0v) is 59.5. The number of aliphatic hydroxyl groups excluding tert-OH is 2. The third kappa shape index (κ3) is 72.9. The molecule has 2 atom stereocenters. The van der Waals surface area contributed by atoms with Crippen molar-refractivity contribution in [2.24, 2.45) is 0 Å². The molecular formula is C82H155NO5. The van der Waals surface area contributed by atoms with E-state index in [1.807, 2.05) is 0 Å². The molecule has 3 N–H and O–H groups in total. The van der Waals surface area contributed by atoms with E-state index in [-0.39, 0.29) is 18.5 Å². The summed E-state index contributed by atoms with van der Waals surface area (Å²) in [5.41, 5.74) is 0. The number of aliphatic hydroxyl groups is 2. The first-order chi connectivity index (χ1) is 43.5. The van der Waals surface area contributed by atoms with E-state index < -0.39 is 12.1 Å². The molecule has 0 aromatic rings. The van der Waals surface area contributed by atoms with Crippen molar-refractivity contribution in [1.82, 2.24) is 5.32 Å². The van der Waals surface area contributed by atoms with Crippen LogP contribution >= 0.6 is 0 Å². The number of carbonyl (C=O) groups is 2. The highest BCUT2D eigenvalue weighted by atomic mass is 16.5. The van der Waals surface area contributed by atoms with Gasteiger partial charge >= 0.3 is 5.97 Å². The van der Waals surface area contributed by atoms with E-state index in [0.717, 1.165) is 57.8 Å². The lowest BCUT2D eigenvalue weighted by molar-refractivity contribution is -0.143. The molecule has 0 rings (SSSR count). The van der Waals surface area contributed by atoms with Crippen molar-refractivity contribution >= 4 is 11.9 Å². The molecule has 0 saturated carbocycles. The summed E-state index contributed by atoms with van der Waals surface area (Å²) < 4.78 is 5.49. The van der Waals surface area contributed by atoms with E-state index in [4.69, 9.17) is 4.74 Å². The van der Waals surface area contributed by atoms with Crippen LogP contribution in [-0.4, -0.2) is 47.4 Å². The molecule has 0 saturated heterocycles. The van der Waals surface area contributed by atoms with Crippen LogP contribution in [0, 0.1) is 0 Å². The number of unbranched alkanes of at least 4 members (excludes halogenated alkanes) is 56. The lowest BCUT2D eigenvalue weighted by atomic mass is 10.0. The van der Waals surface area contributed by atoms with Crippen LogP contribution in [0.1, 0.15) is 438 Å². The van der Waals surface area contributed by atoms with E-state index in [9.17, 15) is 19.8 Å². The van der Waals surface area contributed by atoms with Crippen LogP contribution < -0.4 is 5.32 Å². The van der Waals surface area contributed by atoms with E-state index >= 15 is 0 Å². The van der Waals surface area contributed by atoms with Crippen LogP contribution in [-0.2, 0) is 14.3 Å². The summed E-state index contributed by atoms with van der Waals surface area (Å²) in [6, 6.07) is -0.542. The summed E-state index contributed by atoms with van der Waals surface area (Å²) in [5.74, 6) is -0.0272. The predicted molar refractivity (Wildman–Crippen MR) is 389 cm³/mol. The van der Waals surface area contributed by atoms with Gasteiger partial charge in [0, 0.05) is 12.8 Å². The monoisotopic (exact) mass is 1230 g/mol. The minimum atomic E-state index is -0.665. The van der Waals surface area contributed by atoms with Crippen molar-refractivity contribution in [3.05, 3.63) is 48.6 Å². The maximum atomic E-state index is 12.6. The molecule has 0 fully saturated rings. The third-order valence-corrected chi connectivity index (χ3v) is 18.6. The van der Waals surface area contributed by atoms with Gasteiger partial charge in [-0.3, -0.25) is 9.59 Å². The first-order valence-electron chi connectivity index (χ1n) is 39.9. The molecule has 88 heavy (non-hydrogen) atoms. The van der Waals surface area contributed by atoms with Crippen molar-refractivity contribution in [2.75, 3.05) is 13.2 Å². The Hall–Kier alpha value is -2.18. The standard InChI is InChI=1S/C82H155NO5/c1-3-5-7-9-11-13-15-17-19-21-22-23-37-40-43-46-50-54-58-62-66-70-74-80(85)79(78-84)83-81(86)75-71-67-63-59-55-51-47-44-41-38-35-33-31-29-27-25-24-26-28-30-32-34-36-39-42-45-49-53-57-61-65-69-73-77-88-82(87)76-72-68-64-60-56-52-48-20-18-16-14-12-10-8-6-4-2/h14,16,20,28,30,34,36,48,79-80,84-85H,3-13,15,17-19,21-27,29,31-33,35,37-47,49-78H2,1-2H3,(H,83,86)/b16-14-,30-28-,36-34-,48-20-. The Labute approximate surface area is 550 Å². The summed E-state index contributed by atoms with van der Waals surface area (Å²) in [7, 11) is 0. The van der Waals surface area contributed by atoms with Gasteiger partial charge in [-0.1, -0.05) is 383 Å². The number of hydrogen-bond acceptors (Lipinski definition) is 5. The van der Waals surface area contributed by atoms with E-state index in [0.29, 0.717) is 25.9 Å². The van der Waals surface area contributed by atoms with Gasteiger partial charge < -0.3 is 20.3 Å². The number of allylic oxidation sites excluding steroid dienone is 8. The highest BCUT2D eigenvalue weighted by Crippen LogP contribution is 2.20. The molecule has 1 amide bonds. The smallest absolute Gasteiger partial charge is 0.305 e. The Morgan fingerprint density at radius 3 is 0.875 bits per heavy atom. The van der Waals surface area contributed by atoms with Gasteiger partial charge in [-0.2, -0.15) is 0 Å². The van der Waals surface area contributed by atoms with E-state index in [1.165, 1.54) is 347 Å². The van der Waals surface area contributed by atoms with Crippen molar-refractivity contribution in [1.29, 1.82) is 0 Å². The second-order valence-electron chi connectivity index (χ2n) is 27.4. The van der Waals surface area contributed by atoms with Crippen LogP contribution in [0.5, 0.6) is 0 Å². The van der Waals surface area contributed by atoms with Crippen LogP contribution in [0.2, 0.25) is 0 Å². The fourth-order valence-corrected chi connectivity index (χ4v) is 12.5. The van der Waals surface area contributed by atoms with Gasteiger partial charge in [0.05, 0.1) is 25.4 Å². The maximum Gasteiger partial charge on any atom is 0.305 e. The van der Waals surface area contributed by atoms with Crippen molar-refractivity contribution in [2.45, 2.75) is 450 Å².